The zero-order valence-electron chi connectivity index (χ0n) is 11.1. The molecule has 0 aromatic heterocycles. The van der Waals surface area contributed by atoms with Gasteiger partial charge in [-0.05, 0) is 30.7 Å². The quantitative estimate of drug-likeness (QED) is 0.793. The van der Waals surface area contributed by atoms with E-state index in [9.17, 15) is 4.39 Å². The number of rotatable bonds is 5. The lowest BCUT2D eigenvalue weighted by Crippen LogP contribution is -1.98. The molecule has 2 rings (SSSR count). The number of nitrogens with two attached hydrogens (primary N) is 1. The molecule has 0 aliphatic heterocycles. The summed E-state index contributed by atoms with van der Waals surface area (Å²) in [6, 6.07) is 9.52. The molecule has 0 atom stereocenters. The van der Waals surface area contributed by atoms with Crippen LogP contribution in [0.2, 0.25) is 5.02 Å². The van der Waals surface area contributed by atoms with Gasteiger partial charge in [0.1, 0.15) is 11.6 Å². The van der Waals surface area contributed by atoms with Crippen LogP contribution >= 0.6 is 11.6 Å². The molecule has 0 fully saturated rings. The number of hydrogen-bond donors (Lipinski definition) is 2. The van der Waals surface area contributed by atoms with Crippen molar-refractivity contribution in [3.8, 4) is 5.75 Å². The largest absolute Gasteiger partial charge is 0.493 e. The van der Waals surface area contributed by atoms with Gasteiger partial charge in [-0.15, -0.1) is 0 Å². The summed E-state index contributed by atoms with van der Waals surface area (Å²) in [4.78, 5) is 0. The molecule has 2 aromatic rings. The van der Waals surface area contributed by atoms with Crippen molar-refractivity contribution in [2.45, 2.75) is 13.3 Å². The highest BCUT2D eigenvalue weighted by molar-refractivity contribution is 6.33. The number of benzene rings is 2. The Balaban J connectivity index is 2.21. The Labute approximate surface area is 122 Å². The maximum Gasteiger partial charge on any atom is 0.124 e. The highest BCUT2D eigenvalue weighted by atomic mass is 35.5. The van der Waals surface area contributed by atoms with Gasteiger partial charge in [-0.1, -0.05) is 18.5 Å². The molecule has 0 spiro atoms. The third-order valence-electron chi connectivity index (χ3n) is 2.61. The minimum Gasteiger partial charge on any atom is -0.493 e. The van der Waals surface area contributed by atoms with Crippen LogP contribution in [0.3, 0.4) is 0 Å². The second kappa shape index (κ2) is 6.48. The predicted octanol–water partition coefficient (Wildman–Crippen LogP) is 4.59. The van der Waals surface area contributed by atoms with Gasteiger partial charge in [0.2, 0.25) is 0 Å². The van der Waals surface area contributed by atoms with Gasteiger partial charge in [0.15, 0.2) is 0 Å². The second-order valence-electron chi connectivity index (χ2n) is 4.39. The summed E-state index contributed by atoms with van der Waals surface area (Å²) in [6.07, 6.45) is 0.918. The van der Waals surface area contributed by atoms with Crippen LogP contribution < -0.4 is 15.8 Å². The fourth-order valence-electron chi connectivity index (χ4n) is 1.74. The SMILES string of the molecule is CCCOc1cc(N)cc(Nc2ccc(F)cc2Cl)c1. The highest BCUT2D eigenvalue weighted by Gasteiger charge is 2.05. The van der Waals surface area contributed by atoms with E-state index in [1.807, 2.05) is 13.0 Å². The van der Waals surface area contributed by atoms with Gasteiger partial charge in [0.25, 0.3) is 0 Å². The van der Waals surface area contributed by atoms with E-state index in [1.54, 1.807) is 18.2 Å². The molecule has 0 aliphatic carbocycles. The monoisotopic (exact) mass is 294 g/mol. The Morgan fingerprint density at radius 2 is 2.05 bits per heavy atom. The molecule has 20 heavy (non-hydrogen) atoms. The Bertz CT molecular complexity index is 604. The van der Waals surface area contributed by atoms with Gasteiger partial charge in [0, 0.05) is 23.5 Å². The molecule has 0 unspecified atom stereocenters. The van der Waals surface area contributed by atoms with Gasteiger partial charge < -0.3 is 15.8 Å². The first kappa shape index (κ1) is 14.5. The molecular formula is C15H16ClFN2O. The number of ether oxygens (including phenoxy) is 1. The van der Waals surface area contributed by atoms with Crippen molar-refractivity contribution in [3.63, 3.8) is 0 Å². The Hall–Kier alpha value is -1.94. The number of nitrogens with one attached hydrogen (secondary N) is 1. The maximum absolute atomic E-state index is 13.0. The van der Waals surface area contributed by atoms with Crippen molar-refractivity contribution >= 4 is 28.7 Å². The summed E-state index contributed by atoms with van der Waals surface area (Å²) in [5, 5.41) is 3.41. The van der Waals surface area contributed by atoms with Crippen molar-refractivity contribution in [1.29, 1.82) is 0 Å². The van der Waals surface area contributed by atoms with Gasteiger partial charge >= 0.3 is 0 Å². The van der Waals surface area contributed by atoms with Crippen LogP contribution in [-0.2, 0) is 0 Å². The summed E-state index contributed by atoms with van der Waals surface area (Å²) in [7, 11) is 0. The molecule has 0 heterocycles. The van der Waals surface area contributed by atoms with Gasteiger partial charge in [-0.2, -0.15) is 0 Å². The molecule has 2 aromatic carbocycles. The molecule has 0 saturated carbocycles. The first-order valence-corrected chi connectivity index (χ1v) is 6.71. The maximum atomic E-state index is 13.0. The van der Waals surface area contributed by atoms with Crippen LogP contribution in [0.15, 0.2) is 36.4 Å². The molecule has 3 N–H and O–H groups in total. The molecule has 0 saturated heterocycles. The zero-order chi connectivity index (χ0) is 14.5. The third-order valence-corrected chi connectivity index (χ3v) is 2.92. The molecular weight excluding hydrogens is 279 g/mol. The second-order valence-corrected chi connectivity index (χ2v) is 4.80. The van der Waals surface area contributed by atoms with Crippen LogP contribution in [-0.4, -0.2) is 6.61 Å². The smallest absolute Gasteiger partial charge is 0.124 e. The van der Waals surface area contributed by atoms with Crippen LogP contribution in [0.25, 0.3) is 0 Å². The lowest BCUT2D eigenvalue weighted by Gasteiger charge is -2.12. The van der Waals surface area contributed by atoms with E-state index in [2.05, 4.69) is 5.32 Å². The molecule has 0 amide bonds. The Morgan fingerprint density at radius 3 is 2.75 bits per heavy atom. The summed E-state index contributed by atoms with van der Waals surface area (Å²) in [6.45, 7) is 2.66. The first-order chi connectivity index (χ1) is 9.58. The van der Waals surface area contributed by atoms with Crippen molar-refractivity contribution in [2.75, 3.05) is 17.7 Å². The van der Waals surface area contributed by atoms with Gasteiger partial charge in [0.05, 0.1) is 17.3 Å². The Kier molecular flexibility index (Phi) is 4.69. The number of anilines is 3. The number of hydrogen-bond acceptors (Lipinski definition) is 3. The topological polar surface area (TPSA) is 47.3 Å². The fourth-order valence-corrected chi connectivity index (χ4v) is 1.96. The van der Waals surface area contributed by atoms with Crippen molar-refractivity contribution < 1.29 is 9.13 Å². The Morgan fingerprint density at radius 1 is 1.25 bits per heavy atom. The molecule has 106 valence electrons. The molecule has 0 bridgehead atoms. The van der Waals surface area contributed by atoms with Gasteiger partial charge in [-0.3, -0.25) is 0 Å². The van der Waals surface area contributed by atoms with E-state index < -0.39 is 0 Å². The summed E-state index contributed by atoms with van der Waals surface area (Å²) >= 11 is 5.98. The number of nitrogen functional groups attached to an aromatic ring is 1. The summed E-state index contributed by atoms with van der Waals surface area (Å²) in [5.41, 5.74) is 7.77. The highest BCUT2D eigenvalue weighted by Crippen LogP contribution is 2.29. The minimum absolute atomic E-state index is 0.309. The van der Waals surface area contributed by atoms with E-state index in [0.29, 0.717) is 28.8 Å². The minimum atomic E-state index is -0.375. The first-order valence-electron chi connectivity index (χ1n) is 6.34. The van der Waals surface area contributed by atoms with Gasteiger partial charge in [-0.25, -0.2) is 4.39 Å². The van der Waals surface area contributed by atoms with E-state index in [0.717, 1.165) is 12.1 Å². The lowest BCUT2D eigenvalue weighted by atomic mass is 10.2. The lowest BCUT2D eigenvalue weighted by molar-refractivity contribution is 0.318. The van der Waals surface area contributed by atoms with E-state index in [4.69, 9.17) is 22.1 Å². The number of halogens is 2. The molecule has 0 radical (unpaired) electrons. The summed E-state index contributed by atoms with van der Waals surface area (Å²) in [5.74, 6) is 0.313. The van der Waals surface area contributed by atoms with Crippen LogP contribution in [0, 0.1) is 5.82 Å². The average molecular weight is 295 g/mol. The van der Waals surface area contributed by atoms with E-state index in [1.165, 1.54) is 12.1 Å². The summed E-state index contributed by atoms with van der Waals surface area (Å²) < 4.78 is 18.6. The van der Waals surface area contributed by atoms with Crippen molar-refractivity contribution in [1.82, 2.24) is 0 Å². The van der Waals surface area contributed by atoms with Crippen molar-refractivity contribution in [2.24, 2.45) is 0 Å². The van der Waals surface area contributed by atoms with Crippen LogP contribution in [0.5, 0.6) is 5.75 Å². The predicted molar refractivity (Wildman–Crippen MR) is 81.3 cm³/mol. The fraction of sp³-hybridized carbons (Fsp3) is 0.200. The third kappa shape index (κ3) is 3.78. The molecule has 0 aliphatic rings. The zero-order valence-corrected chi connectivity index (χ0v) is 11.9. The van der Waals surface area contributed by atoms with E-state index >= 15 is 0 Å². The van der Waals surface area contributed by atoms with Crippen LogP contribution in [0.1, 0.15) is 13.3 Å². The van der Waals surface area contributed by atoms with Crippen LogP contribution in [0.4, 0.5) is 21.5 Å². The molecule has 5 heteroatoms. The molecule has 3 nitrogen and oxygen atoms in total. The standard InChI is InChI=1S/C15H16ClFN2O/c1-2-5-20-13-8-11(18)7-12(9-13)19-15-4-3-10(17)6-14(15)16/h3-4,6-9,19H,2,5,18H2,1H3. The van der Waals surface area contributed by atoms with E-state index in [-0.39, 0.29) is 5.82 Å². The average Bonchev–Trinajstić information content (AvgIpc) is 2.39. The normalized spacial score (nSPS) is 10.3. The van der Waals surface area contributed by atoms with Crippen molar-refractivity contribution in [3.05, 3.63) is 47.2 Å².